The second-order valence-electron chi connectivity index (χ2n) is 4.70. The van der Waals surface area contributed by atoms with Crippen LogP contribution in [0.2, 0.25) is 0 Å². The van der Waals surface area contributed by atoms with Gasteiger partial charge in [0.25, 0.3) is 0 Å². The molecule has 2 heteroatoms. The van der Waals surface area contributed by atoms with E-state index >= 15 is 0 Å². The van der Waals surface area contributed by atoms with E-state index in [1.54, 1.807) is 0 Å². The summed E-state index contributed by atoms with van der Waals surface area (Å²) in [4.78, 5) is 0. The van der Waals surface area contributed by atoms with Crippen LogP contribution in [0.1, 0.15) is 38.5 Å². The summed E-state index contributed by atoms with van der Waals surface area (Å²) in [5.74, 6) is 0.941. The van der Waals surface area contributed by atoms with Gasteiger partial charge < -0.3 is 10.1 Å². The number of methoxy groups -OCH3 is 1. The minimum Gasteiger partial charge on any atom is -0.376 e. The van der Waals surface area contributed by atoms with Crippen LogP contribution in [0.3, 0.4) is 0 Å². The third-order valence-electron chi connectivity index (χ3n) is 3.71. The van der Waals surface area contributed by atoms with Gasteiger partial charge in [0.1, 0.15) is 0 Å². The fourth-order valence-electron chi connectivity index (χ4n) is 2.69. The van der Waals surface area contributed by atoms with Crippen LogP contribution >= 0.6 is 0 Å². The largest absolute Gasteiger partial charge is 0.376 e. The zero-order valence-corrected chi connectivity index (χ0v) is 8.64. The van der Waals surface area contributed by atoms with Gasteiger partial charge in [-0.05, 0) is 12.3 Å². The van der Waals surface area contributed by atoms with Crippen LogP contribution in [-0.2, 0) is 4.74 Å². The summed E-state index contributed by atoms with van der Waals surface area (Å²) < 4.78 is 5.61. The van der Waals surface area contributed by atoms with Gasteiger partial charge in [0.05, 0.1) is 5.60 Å². The Labute approximate surface area is 81.0 Å². The topological polar surface area (TPSA) is 21.3 Å². The predicted octanol–water partition coefficient (Wildman–Crippen LogP) is 1.95. The summed E-state index contributed by atoms with van der Waals surface area (Å²) in [6, 6.07) is 0. The van der Waals surface area contributed by atoms with Gasteiger partial charge in [-0.3, -0.25) is 0 Å². The summed E-state index contributed by atoms with van der Waals surface area (Å²) in [5, 5.41) is 3.32. The molecule has 0 aromatic rings. The van der Waals surface area contributed by atoms with Gasteiger partial charge in [0.2, 0.25) is 0 Å². The summed E-state index contributed by atoms with van der Waals surface area (Å²) in [6.45, 7) is 2.14. The Morgan fingerprint density at radius 3 is 2.38 bits per heavy atom. The first-order valence-electron chi connectivity index (χ1n) is 5.60. The molecular formula is C11H21NO. The molecule has 0 unspecified atom stereocenters. The molecule has 1 N–H and O–H groups in total. The number of ether oxygens (including phenoxy) is 1. The zero-order valence-electron chi connectivity index (χ0n) is 8.64. The minimum absolute atomic E-state index is 0.210. The molecule has 0 atom stereocenters. The van der Waals surface area contributed by atoms with Crippen LogP contribution in [0.15, 0.2) is 0 Å². The van der Waals surface area contributed by atoms with Crippen molar-refractivity contribution in [2.45, 2.75) is 44.1 Å². The van der Waals surface area contributed by atoms with E-state index in [0.29, 0.717) is 0 Å². The van der Waals surface area contributed by atoms with Crippen LogP contribution in [0.5, 0.6) is 0 Å². The van der Waals surface area contributed by atoms with Gasteiger partial charge in [-0.1, -0.05) is 32.1 Å². The average molecular weight is 183 g/mol. The lowest BCUT2D eigenvalue weighted by molar-refractivity contribution is -0.0704. The highest BCUT2D eigenvalue weighted by atomic mass is 16.5. The van der Waals surface area contributed by atoms with E-state index < -0.39 is 0 Å². The molecule has 1 heterocycles. The first-order chi connectivity index (χ1) is 6.35. The maximum atomic E-state index is 5.61. The van der Waals surface area contributed by atoms with E-state index in [1.165, 1.54) is 38.5 Å². The van der Waals surface area contributed by atoms with Crippen molar-refractivity contribution in [2.24, 2.45) is 5.92 Å². The first kappa shape index (κ1) is 9.47. The lowest BCUT2D eigenvalue weighted by Crippen LogP contribution is -2.61. The zero-order chi connectivity index (χ0) is 9.15. The smallest absolute Gasteiger partial charge is 0.0928 e. The van der Waals surface area contributed by atoms with E-state index in [2.05, 4.69) is 5.32 Å². The molecule has 0 amide bonds. The maximum Gasteiger partial charge on any atom is 0.0928 e. The van der Waals surface area contributed by atoms with Crippen molar-refractivity contribution in [3.8, 4) is 0 Å². The van der Waals surface area contributed by atoms with Crippen molar-refractivity contribution in [1.82, 2.24) is 5.32 Å². The highest BCUT2D eigenvalue weighted by Crippen LogP contribution is 2.33. The first-order valence-corrected chi connectivity index (χ1v) is 5.60. The van der Waals surface area contributed by atoms with E-state index in [-0.39, 0.29) is 5.60 Å². The molecule has 0 aromatic carbocycles. The van der Waals surface area contributed by atoms with Crippen LogP contribution in [-0.4, -0.2) is 25.8 Å². The van der Waals surface area contributed by atoms with Crippen molar-refractivity contribution in [3.05, 3.63) is 0 Å². The molecule has 2 aliphatic rings. The van der Waals surface area contributed by atoms with E-state index in [9.17, 15) is 0 Å². The molecule has 0 spiro atoms. The minimum atomic E-state index is 0.210. The van der Waals surface area contributed by atoms with Crippen molar-refractivity contribution in [1.29, 1.82) is 0 Å². The standard InChI is InChI=1S/C11H21NO/c1-13-11(8-12-9-11)7-10-5-3-2-4-6-10/h10,12H,2-9H2,1H3. The van der Waals surface area contributed by atoms with E-state index in [4.69, 9.17) is 4.74 Å². The number of nitrogens with one attached hydrogen (secondary N) is 1. The Bertz CT molecular complexity index is 154. The molecule has 0 aromatic heterocycles. The molecule has 1 saturated carbocycles. The molecule has 1 saturated heterocycles. The molecule has 1 aliphatic carbocycles. The van der Waals surface area contributed by atoms with Gasteiger partial charge in [0, 0.05) is 20.2 Å². The number of hydrogen-bond acceptors (Lipinski definition) is 2. The fraction of sp³-hybridized carbons (Fsp3) is 1.00. The van der Waals surface area contributed by atoms with Crippen LogP contribution in [0, 0.1) is 5.92 Å². The van der Waals surface area contributed by atoms with Crippen molar-refractivity contribution < 1.29 is 4.74 Å². The van der Waals surface area contributed by atoms with Crippen molar-refractivity contribution >= 4 is 0 Å². The molecule has 2 rings (SSSR count). The molecule has 1 aliphatic heterocycles. The van der Waals surface area contributed by atoms with Crippen molar-refractivity contribution in [3.63, 3.8) is 0 Å². The summed E-state index contributed by atoms with van der Waals surface area (Å²) in [6.07, 6.45) is 8.50. The Kier molecular flexibility index (Phi) is 2.89. The number of rotatable bonds is 3. The van der Waals surface area contributed by atoms with E-state index in [1.807, 2.05) is 7.11 Å². The second-order valence-corrected chi connectivity index (χ2v) is 4.70. The average Bonchev–Trinajstić information content (AvgIpc) is 2.13. The summed E-state index contributed by atoms with van der Waals surface area (Å²) in [5.41, 5.74) is 0.210. The van der Waals surface area contributed by atoms with Crippen LogP contribution in [0.4, 0.5) is 0 Å². The molecule has 13 heavy (non-hydrogen) atoms. The predicted molar refractivity (Wildman–Crippen MR) is 53.8 cm³/mol. The normalized spacial score (nSPS) is 28.4. The van der Waals surface area contributed by atoms with E-state index in [0.717, 1.165) is 19.0 Å². The number of hydrogen-bond donors (Lipinski definition) is 1. The van der Waals surface area contributed by atoms with Gasteiger partial charge in [-0.15, -0.1) is 0 Å². The Morgan fingerprint density at radius 1 is 1.23 bits per heavy atom. The van der Waals surface area contributed by atoms with Crippen LogP contribution in [0.25, 0.3) is 0 Å². The van der Waals surface area contributed by atoms with Crippen LogP contribution < -0.4 is 5.32 Å². The molecular weight excluding hydrogens is 162 g/mol. The van der Waals surface area contributed by atoms with Crippen molar-refractivity contribution in [2.75, 3.05) is 20.2 Å². The Balaban J connectivity index is 1.81. The Morgan fingerprint density at radius 2 is 1.92 bits per heavy atom. The van der Waals surface area contributed by atoms with Gasteiger partial charge in [0.15, 0.2) is 0 Å². The van der Waals surface area contributed by atoms with Gasteiger partial charge in [-0.25, -0.2) is 0 Å². The molecule has 2 fully saturated rings. The lowest BCUT2D eigenvalue weighted by atomic mass is 9.78. The molecule has 76 valence electrons. The third-order valence-corrected chi connectivity index (χ3v) is 3.71. The summed E-state index contributed by atoms with van der Waals surface area (Å²) >= 11 is 0. The maximum absolute atomic E-state index is 5.61. The SMILES string of the molecule is COC1(CC2CCCCC2)CNC1. The summed E-state index contributed by atoms with van der Waals surface area (Å²) in [7, 11) is 1.86. The highest BCUT2D eigenvalue weighted by molar-refractivity contribution is 4.96. The Hall–Kier alpha value is -0.0800. The second kappa shape index (κ2) is 3.97. The fourth-order valence-corrected chi connectivity index (χ4v) is 2.69. The highest BCUT2D eigenvalue weighted by Gasteiger charge is 2.38. The molecule has 2 nitrogen and oxygen atoms in total. The monoisotopic (exact) mass is 183 g/mol. The molecule has 0 radical (unpaired) electrons. The third kappa shape index (κ3) is 2.05. The molecule has 0 bridgehead atoms. The van der Waals surface area contributed by atoms with Gasteiger partial charge in [-0.2, -0.15) is 0 Å². The quantitative estimate of drug-likeness (QED) is 0.722. The van der Waals surface area contributed by atoms with Gasteiger partial charge >= 0.3 is 0 Å². The lowest BCUT2D eigenvalue weighted by Gasteiger charge is -2.44.